The van der Waals surface area contributed by atoms with Gasteiger partial charge in [0, 0.05) is 0 Å². The minimum absolute atomic E-state index is 0.335. The average Bonchev–Trinajstić information content (AvgIpc) is 2.59. The van der Waals surface area contributed by atoms with E-state index in [0.717, 1.165) is 11.2 Å². The SMILES string of the molecule is CC[S+]([O-])Nc1ccc(B2OC(C)(C)C(C)(C)O2)cc1. The minimum atomic E-state index is -1.02. The van der Waals surface area contributed by atoms with Crippen molar-refractivity contribution < 1.29 is 13.9 Å². The monoisotopic (exact) mass is 295 g/mol. The van der Waals surface area contributed by atoms with Crippen LogP contribution in [0.1, 0.15) is 34.6 Å². The third-order valence-electron chi connectivity index (χ3n) is 3.93. The summed E-state index contributed by atoms with van der Waals surface area (Å²) >= 11 is -1.02. The zero-order chi connectivity index (χ0) is 15.0. The Bertz CT molecular complexity index is 448. The molecule has 0 saturated carbocycles. The maximum absolute atomic E-state index is 11.4. The molecule has 1 aromatic carbocycles. The third kappa shape index (κ3) is 3.14. The van der Waals surface area contributed by atoms with Gasteiger partial charge in [0.1, 0.15) is 5.75 Å². The number of nitrogens with one attached hydrogen (secondary N) is 1. The molecule has 6 heteroatoms. The summed E-state index contributed by atoms with van der Waals surface area (Å²) in [6.07, 6.45) is 0. The molecule has 1 fully saturated rings. The molecule has 20 heavy (non-hydrogen) atoms. The predicted molar refractivity (Wildman–Crippen MR) is 84.5 cm³/mol. The Morgan fingerprint density at radius 2 is 1.60 bits per heavy atom. The van der Waals surface area contributed by atoms with Gasteiger partial charge in [-0.15, -0.1) is 0 Å². The van der Waals surface area contributed by atoms with Crippen LogP contribution in [-0.4, -0.2) is 28.6 Å². The first-order valence-electron chi connectivity index (χ1n) is 6.86. The highest BCUT2D eigenvalue weighted by atomic mass is 32.2. The van der Waals surface area contributed by atoms with Gasteiger partial charge in [-0.1, -0.05) is 12.1 Å². The van der Waals surface area contributed by atoms with E-state index < -0.39 is 11.4 Å². The molecular formula is C14H22BNO3S. The second-order valence-corrected chi connectivity index (χ2v) is 7.42. The molecule has 1 aliphatic rings. The molecule has 1 heterocycles. The van der Waals surface area contributed by atoms with Crippen molar-refractivity contribution in [3.05, 3.63) is 24.3 Å². The van der Waals surface area contributed by atoms with E-state index in [0.29, 0.717) is 5.75 Å². The highest BCUT2D eigenvalue weighted by Crippen LogP contribution is 2.36. The molecule has 0 spiro atoms. The summed E-state index contributed by atoms with van der Waals surface area (Å²) in [6.45, 7) is 10.0. The molecule has 0 radical (unpaired) electrons. The van der Waals surface area contributed by atoms with Crippen LogP contribution in [0.3, 0.4) is 0 Å². The standard InChI is InChI=1S/C14H22BNO3S/c1-6-20(17)16-12-9-7-11(8-10-12)15-18-13(2,3)14(4,5)19-15/h7-10,16H,6H2,1-5H3. The lowest BCUT2D eigenvalue weighted by Gasteiger charge is -2.32. The molecule has 110 valence electrons. The molecule has 1 aromatic rings. The Balaban J connectivity index is 2.08. The van der Waals surface area contributed by atoms with Crippen LogP contribution in [0.5, 0.6) is 0 Å². The Hall–Kier alpha value is -0.685. The first kappa shape index (κ1) is 15.7. The first-order chi connectivity index (χ1) is 9.25. The summed E-state index contributed by atoms with van der Waals surface area (Å²) in [5, 5.41) is 0. The Kier molecular flexibility index (Phi) is 4.40. The fraction of sp³-hybridized carbons (Fsp3) is 0.571. The van der Waals surface area contributed by atoms with Crippen LogP contribution >= 0.6 is 0 Å². The van der Waals surface area contributed by atoms with Gasteiger partial charge in [0.15, 0.2) is 0 Å². The van der Waals surface area contributed by atoms with Crippen LogP contribution in [0.15, 0.2) is 24.3 Å². The van der Waals surface area contributed by atoms with Gasteiger partial charge in [-0.3, -0.25) is 0 Å². The molecule has 2 rings (SSSR count). The second-order valence-electron chi connectivity index (χ2n) is 5.95. The molecule has 4 nitrogen and oxygen atoms in total. The third-order valence-corrected chi connectivity index (χ3v) is 4.92. The summed E-state index contributed by atoms with van der Waals surface area (Å²) in [7, 11) is -0.356. The maximum atomic E-state index is 11.4. The zero-order valence-electron chi connectivity index (χ0n) is 12.7. The van der Waals surface area contributed by atoms with Crippen molar-refractivity contribution >= 4 is 29.6 Å². The van der Waals surface area contributed by atoms with E-state index in [1.807, 2.05) is 58.9 Å². The van der Waals surface area contributed by atoms with Gasteiger partial charge in [-0.05, 0) is 52.2 Å². The van der Waals surface area contributed by atoms with Crippen molar-refractivity contribution in [2.24, 2.45) is 0 Å². The Morgan fingerprint density at radius 1 is 1.10 bits per heavy atom. The van der Waals surface area contributed by atoms with Gasteiger partial charge < -0.3 is 13.9 Å². The molecule has 0 bridgehead atoms. The Morgan fingerprint density at radius 3 is 2.05 bits per heavy atom. The molecule has 1 aliphatic heterocycles. The fourth-order valence-electron chi connectivity index (χ4n) is 1.89. The Labute approximate surface area is 124 Å². The number of hydrogen-bond acceptors (Lipinski definition) is 4. The highest BCUT2D eigenvalue weighted by Gasteiger charge is 2.51. The molecule has 1 N–H and O–H groups in total. The van der Waals surface area contributed by atoms with Crippen LogP contribution in [0.4, 0.5) is 5.69 Å². The van der Waals surface area contributed by atoms with E-state index >= 15 is 0 Å². The van der Waals surface area contributed by atoms with Gasteiger partial charge in [-0.2, -0.15) is 0 Å². The molecule has 1 saturated heterocycles. The highest BCUT2D eigenvalue weighted by molar-refractivity contribution is 7.92. The number of hydrogen-bond donors (Lipinski definition) is 1. The van der Waals surface area contributed by atoms with Crippen molar-refractivity contribution in [3.63, 3.8) is 0 Å². The quantitative estimate of drug-likeness (QED) is 0.682. The normalized spacial score (nSPS) is 21.8. The summed E-state index contributed by atoms with van der Waals surface area (Å²) in [5.41, 5.74) is 1.14. The van der Waals surface area contributed by atoms with Crippen LogP contribution < -0.4 is 10.2 Å². The van der Waals surface area contributed by atoms with Crippen molar-refractivity contribution in [2.45, 2.75) is 45.8 Å². The van der Waals surface area contributed by atoms with Gasteiger partial charge in [0.25, 0.3) is 0 Å². The van der Waals surface area contributed by atoms with Crippen LogP contribution in [-0.2, 0) is 20.7 Å². The van der Waals surface area contributed by atoms with E-state index in [4.69, 9.17) is 9.31 Å². The lowest BCUT2D eigenvalue weighted by atomic mass is 9.79. The van der Waals surface area contributed by atoms with E-state index in [1.165, 1.54) is 0 Å². The van der Waals surface area contributed by atoms with E-state index in [2.05, 4.69) is 4.72 Å². The van der Waals surface area contributed by atoms with E-state index in [-0.39, 0.29) is 18.3 Å². The van der Waals surface area contributed by atoms with Crippen molar-refractivity contribution in [2.75, 3.05) is 10.5 Å². The number of rotatable bonds is 4. The van der Waals surface area contributed by atoms with Gasteiger partial charge in [0.2, 0.25) is 0 Å². The summed E-state index contributed by atoms with van der Waals surface area (Å²) in [5.74, 6) is 0.582. The molecule has 0 aromatic heterocycles. The van der Waals surface area contributed by atoms with E-state index in [9.17, 15) is 4.55 Å². The van der Waals surface area contributed by atoms with Crippen LogP contribution in [0, 0.1) is 0 Å². The largest absolute Gasteiger partial charge is 0.593 e. The van der Waals surface area contributed by atoms with E-state index in [1.54, 1.807) is 0 Å². The lowest BCUT2D eigenvalue weighted by molar-refractivity contribution is 0.00578. The first-order valence-corrected chi connectivity index (χ1v) is 8.18. The molecule has 1 unspecified atom stereocenters. The number of anilines is 1. The van der Waals surface area contributed by atoms with Crippen molar-refractivity contribution in [3.8, 4) is 0 Å². The van der Waals surface area contributed by atoms with Crippen LogP contribution in [0.25, 0.3) is 0 Å². The smallest absolute Gasteiger partial charge is 0.494 e. The van der Waals surface area contributed by atoms with Crippen molar-refractivity contribution in [1.29, 1.82) is 0 Å². The number of benzene rings is 1. The van der Waals surface area contributed by atoms with Gasteiger partial charge in [0.05, 0.1) is 28.3 Å². The van der Waals surface area contributed by atoms with Gasteiger partial charge >= 0.3 is 7.12 Å². The van der Waals surface area contributed by atoms with Crippen molar-refractivity contribution in [1.82, 2.24) is 0 Å². The predicted octanol–water partition coefficient (Wildman–Crippen LogP) is 2.08. The average molecular weight is 295 g/mol. The molecular weight excluding hydrogens is 273 g/mol. The molecule has 1 atom stereocenters. The fourth-order valence-corrected chi connectivity index (χ4v) is 2.43. The van der Waals surface area contributed by atoms with Crippen LogP contribution in [0.2, 0.25) is 0 Å². The molecule has 0 aliphatic carbocycles. The topological polar surface area (TPSA) is 53.5 Å². The lowest BCUT2D eigenvalue weighted by Crippen LogP contribution is -2.41. The molecule has 0 amide bonds. The van der Waals surface area contributed by atoms with Gasteiger partial charge in [-0.25, -0.2) is 4.72 Å². The summed E-state index contributed by atoms with van der Waals surface area (Å²) in [6, 6.07) is 7.68. The maximum Gasteiger partial charge on any atom is 0.494 e. The summed E-state index contributed by atoms with van der Waals surface area (Å²) in [4.78, 5) is 0. The second kappa shape index (κ2) is 5.60. The minimum Gasteiger partial charge on any atom is -0.593 e. The summed E-state index contributed by atoms with van der Waals surface area (Å²) < 4.78 is 26.4. The zero-order valence-corrected chi connectivity index (χ0v) is 13.5.